The van der Waals surface area contributed by atoms with Gasteiger partial charge in [0, 0.05) is 23.8 Å². The van der Waals surface area contributed by atoms with Crippen LogP contribution in [-0.2, 0) is 9.53 Å². The number of alkyl halides is 3. The molecule has 1 heterocycles. The Balaban J connectivity index is 2.20. The number of ether oxygens (including phenoxy) is 1. The first kappa shape index (κ1) is 19.6. The maximum Gasteiger partial charge on any atom is 0.417 e. The second kappa shape index (κ2) is 7.27. The van der Waals surface area contributed by atoms with Gasteiger partial charge in [0.1, 0.15) is 5.60 Å². The standard InChI is InChI=1S/C17H20F3NO3S/c1-16(2,3)24-15(23)21-10-11(9-17(18,19)20)13(14(21)22)25-12-7-5-4-6-8-12/h4-8,11,13H,9-10H2,1-3H3/t11-,13?/m0/s1. The van der Waals surface area contributed by atoms with Gasteiger partial charge in [-0.2, -0.15) is 13.2 Å². The fraction of sp³-hybridized carbons (Fsp3) is 0.529. The molecule has 0 N–H and O–H groups in total. The Kier molecular flexibility index (Phi) is 5.71. The molecule has 0 aliphatic carbocycles. The normalized spacial score (nSPS) is 21.5. The third kappa shape index (κ3) is 5.66. The van der Waals surface area contributed by atoms with Crippen molar-refractivity contribution < 1.29 is 27.5 Å². The summed E-state index contributed by atoms with van der Waals surface area (Å²) in [7, 11) is 0. The van der Waals surface area contributed by atoms with Crippen LogP contribution in [0.5, 0.6) is 0 Å². The Labute approximate surface area is 148 Å². The van der Waals surface area contributed by atoms with Crippen LogP contribution in [0.3, 0.4) is 0 Å². The monoisotopic (exact) mass is 375 g/mol. The number of hydrogen-bond donors (Lipinski definition) is 0. The molecule has 25 heavy (non-hydrogen) atoms. The summed E-state index contributed by atoms with van der Waals surface area (Å²) in [6.07, 6.45) is -6.44. The molecule has 1 fully saturated rings. The van der Waals surface area contributed by atoms with Gasteiger partial charge in [-0.1, -0.05) is 18.2 Å². The van der Waals surface area contributed by atoms with Crippen molar-refractivity contribution in [2.75, 3.05) is 6.54 Å². The van der Waals surface area contributed by atoms with E-state index in [1.165, 1.54) is 0 Å². The van der Waals surface area contributed by atoms with E-state index in [1.54, 1.807) is 51.1 Å². The summed E-state index contributed by atoms with van der Waals surface area (Å²) in [4.78, 5) is 26.2. The maximum absolute atomic E-state index is 12.9. The molecule has 0 bridgehead atoms. The summed E-state index contributed by atoms with van der Waals surface area (Å²) in [6.45, 7) is 4.61. The summed E-state index contributed by atoms with van der Waals surface area (Å²) in [5, 5.41) is -0.975. The van der Waals surface area contributed by atoms with Crippen molar-refractivity contribution in [1.29, 1.82) is 0 Å². The van der Waals surface area contributed by atoms with E-state index in [-0.39, 0.29) is 6.54 Å². The van der Waals surface area contributed by atoms with Crippen LogP contribution in [0.2, 0.25) is 0 Å². The van der Waals surface area contributed by atoms with Gasteiger partial charge in [-0.25, -0.2) is 9.69 Å². The number of carbonyl (C=O) groups excluding carboxylic acids is 2. The minimum absolute atomic E-state index is 0.294. The van der Waals surface area contributed by atoms with E-state index in [1.807, 2.05) is 0 Å². The highest BCUT2D eigenvalue weighted by Gasteiger charge is 2.49. The van der Waals surface area contributed by atoms with Crippen LogP contribution >= 0.6 is 11.8 Å². The zero-order valence-electron chi connectivity index (χ0n) is 14.2. The highest BCUT2D eigenvalue weighted by molar-refractivity contribution is 8.00. The second-order valence-electron chi connectivity index (χ2n) is 6.86. The van der Waals surface area contributed by atoms with Gasteiger partial charge in [-0.3, -0.25) is 4.79 Å². The zero-order chi connectivity index (χ0) is 18.8. The Morgan fingerprint density at radius 3 is 2.36 bits per heavy atom. The Hall–Kier alpha value is -1.70. The molecular formula is C17H20F3NO3S. The second-order valence-corrected chi connectivity index (χ2v) is 8.08. The molecular weight excluding hydrogens is 355 g/mol. The lowest BCUT2D eigenvalue weighted by atomic mass is 10.0. The van der Waals surface area contributed by atoms with Gasteiger partial charge >= 0.3 is 12.3 Å². The van der Waals surface area contributed by atoms with Crippen molar-refractivity contribution in [1.82, 2.24) is 4.90 Å². The van der Waals surface area contributed by atoms with Crippen LogP contribution in [0, 0.1) is 5.92 Å². The van der Waals surface area contributed by atoms with Crippen LogP contribution in [-0.4, -0.2) is 40.5 Å². The average Bonchev–Trinajstić information content (AvgIpc) is 2.74. The van der Waals surface area contributed by atoms with Gasteiger partial charge in [0.2, 0.25) is 5.91 Å². The maximum atomic E-state index is 12.9. The van der Waals surface area contributed by atoms with Crippen LogP contribution in [0.15, 0.2) is 35.2 Å². The molecule has 4 nitrogen and oxygen atoms in total. The third-order valence-corrected chi connectivity index (χ3v) is 4.85. The van der Waals surface area contributed by atoms with Gasteiger partial charge in [-0.15, -0.1) is 11.8 Å². The van der Waals surface area contributed by atoms with Crippen molar-refractivity contribution in [3.63, 3.8) is 0 Å². The molecule has 138 valence electrons. The molecule has 1 saturated heterocycles. The molecule has 1 aromatic carbocycles. The number of rotatable bonds is 3. The highest BCUT2D eigenvalue weighted by atomic mass is 32.2. The van der Waals surface area contributed by atoms with Crippen molar-refractivity contribution in [3.05, 3.63) is 30.3 Å². The summed E-state index contributed by atoms with van der Waals surface area (Å²) < 4.78 is 43.8. The molecule has 1 aliphatic rings. The molecule has 1 unspecified atom stereocenters. The first-order chi connectivity index (χ1) is 11.5. The average molecular weight is 375 g/mol. The molecule has 8 heteroatoms. The fourth-order valence-electron chi connectivity index (χ4n) is 2.52. The Bertz CT molecular complexity index is 628. The van der Waals surface area contributed by atoms with E-state index in [4.69, 9.17) is 4.74 Å². The molecule has 2 amide bonds. The number of imide groups is 1. The lowest BCUT2D eigenvalue weighted by Crippen LogP contribution is -2.39. The summed E-state index contributed by atoms with van der Waals surface area (Å²) in [5.41, 5.74) is -0.832. The zero-order valence-corrected chi connectivity index (χ0v) is 15.0. The first-order valence-electron chi connectivity index (χ1n) is 7.79. The lowest BCUT2D eigenvalue weighted by molar-refractivity contribution is -0.143. The predicted octanol–water partition coefficient (Wildman–Crippen LogP) is 4.49. The van der Waals surface area contributed by atoms with Gasteiger partial charge < -0.3 is 4.74 Å². The van der Waals surface area contributed by atoms with E-state index in [0.717, 1.165) is 16.7 Å². The van der Waals surface area contributed by atoms with Crippen LogP contribution in [0.25, 0.3) is 0 Å². The molecule has 2 rings (SSSR count). The topological polar surface area (TPSA) is 46.6 Å². The third-order valence-electron chi connectivity index (χ3n) is 3.47. The van der Waals surface area contributed by atoms with E-state index < -0.39 is 41.4 Å². The number of carbonyl (C=O) groups is 2. The van der Waals surface area contributed by atoms with E-state index in [2.05, 4.69) is 0 Å². The fourth-order valence-corrected chi connectivity index (χ4v) is 3.73. The molecule has 0 aromatic heterocycles. The van der Waals surface area contributed by atoms with E-state index in [0.29, 0.717) is 4.90 Å². The quantitative estimate of drug-likeness (QED) is 0.781. The number of benzene rings is 1. The Morgan fingerprint density at radius 1 is 1.24 bits per heavy atom. The van der Waals surface area contributed by atoms with E-state index >= 15 is 0 Å². The number of likely N-dealkylation sites (tertiary alicyclic amines) is 1. The number of hydrogen-bond acceptors (Lipinski definition) is 4. The summed E-state index contributed by atoms with van der Waals surface area (Å²) in [5.74, 6) is -1.65. The van der Waals surface area contributed by atoms with Gasteiger partial charge in [0.15, 0.2) is 0 Å². The highest BCUT2D eigenvalue weighted by Crippen LogP contribution is 2.40. The largest absolute Gasteiger partial charge is 0.443 e. The minimum atomic E-state index is -4.41. The number of amides is 2. The molecule has 0 radical (unpaired) electrons. The first-order valence-corrected chi connectivity index (χ1v) is 8.67. The molecule has 1 aliphatic heterocycles. The van der Waals surface area contributed by atoms with Crippen molar-refractivity contribution in [3.8, 4) is 0 Å². The van der Waals surface area contributed by atoms with Crippen molar-refractivity contribution in [2.45, 2.75) is 49.1 Å². The SMILES string of the molecule is CC(C)(C)OC(=O)N1C[C@H](CC(F)(F)F)C(Sc2ccccc2)C1=O. The van der Waals surface area contributed by atoms with Gasteiger partial charge in [0.25, 0.3) is 0 Å². The van der Waals surface area contributed by atoms with Gasteiger partial charge in [0.05, 0.1) is 5.25 Å². The van der Waals surface area contributed by atoms with Crippen LogP contribution in [0.4, 0.5) is 18.0 Å². The summed E-state index contributed by atoms with van der Waals surface area (Å²) >= 11 is 1.05. The van der Waals surface area contributed by atoms with E-state index in [9.17, 15) is 22.8 Å². The smallest absolute Gasteiger partial charge is 0.417 e. The minimum Gasteiger partial charge on any atom is -0.443 e. The Morgan fingerprint density at radius 2 is 1.84 bits per heavy atom. The number of thioether (sulfide) groups is 1. The molecule has 0 spiro atoms. The molecule has 0 saturated carbocycles. The lowest BCUT2D eigenvalue weighted by Gasteiger charge is -2.23. The molecule has 1 aromatic rings. The molecule has 2 atom stereocenters. The van der Waals surface area contributed by atoms with Gasteiger partial charge in [-0.05, 0) is 32.9 Å². The van der Waals surface area contributed by atoms with Crippen molar-refractivity contribution >= 4 is 23.8 Å². The van der Waals surface area contributed by atoms with Crippen LogP contribution in [0.1, 0.15) is 27.2 Å². The number of nitrogens with zero attached hydrogens (tertiary/aromatic N) is 1. The van der Waals surface area contributed by atoms with Crippen LogP contribution < -0.4 is 0 Å². The van der Waals surface area contributed by atoms with Crippen molar-refractivity contribution in [2.24, 2.45) is 5.92 Å². The summed E-state index contributed by atoms with van der Waals surface area (Å²) in [6, 6.07) is 8.70. The number of halogens is 3. The predicted molar refractivity (Wildman–Crippen MR) is 88.2 cm³/mol.